The third-order valence-electron chi connectivity index (χ3n) is 2.08. The monoisotopic (exact) mass is 222 g/mol. The van der Waals surface area contributed by atoms with Gasteiger partial charge in [-0.05, 0) is 18.5 Å². The van der Waals surface area contributed by atoms with Crippen molar-refractivity contribution in [1.82, 2.24) is 5.32 Å². The van der Waals surface area contributed by atoms with Crippen molar-refractivity contribution in [3.63, 3.8) is 0 Å². The van der Waals surface area contributed by atoms with Crippen LogP contribution in [0.5, 0.6) is 0 Å². The highest BCUT2D eigenvalue weighted by molar-refractivity contribution is 6.31. The smallest absolute Gasteiger partial charge is 0.122 e. The number of rotatable bonds is 4. The Morgan fingerprint density at radius 3 is 2.60 bits per heavy atom. The van der Waals surface area contributed by atoms with Crippen molar-refractivity contribution in [2.24, 2.45) is 5.92 Å². The zero-order valence-electron chi connectivity index (χ0n) is 9.00. The summed E-state index contributed by atoms with van der Waals surface area (Å²) in [6.07, 6.45) is 0. The van der Waals surface area contributed by atoms with Gasteiger partial charge in [-0.2, -0.15) is 5.26 Å². The van der Waals surface area contributed by atoms with Crippen molar-refractivity contribution in [1.29, 1.82) is 5.26 Å². The molecule has 15 heavy (non-hydrogen) atoms. The first kappa shape index (κ1) is 12.0. The second kappa shape index (κ2) is 5.75. The van der Waals surface area contributed by atoms with Gasteiger partial charge in [0, 0.05) is 10.6 Å². The largest absolute Gasteiger partial charge is 0.298 e. The molecule has 0 saturated heterocycles. The fourth-order valence-electron chi connectivity index (χ4n) is 1.29. The zero-order chi connectivity index (χ0) is 11.3. The first-order valence-electron chi connectivity index (χ1n) is 5.02. The molecule has 2 nitrogen and oxygen atoms in total. The third kappa shape index (κ3) is 3.54. The van der Waals surface area contributed by atoms with E-state index in [0.29, 0.717) is 10.9 Å². The molecule has 1 aromatic carbocycles. The van der Waals surface area contributed by atoms with Crippen molar-refractivity contribution in [2.45, 2.75) is 19.9 Å². The van der Waals surface area contributed by atoms with Gasteiger partial charge in [0.05, 0.1) is 6.07 Å². The Hall–Kier alpha value is -1.04. The van der Waals surface area contributed by atoms with Gasteiger partial charge in [-0.1, -0.05) is 43.6 Å². The fourth-order valence-corrected chi connectivity index (χ4v) is 1.53. The van der Waals surface area contributed by atoms with Crippen LogP contribution in [0.2, 0.25) is 5.02 Å². The molecule has 0 aliphatic rings. The van der Waals surface area contributed by atoms with Gasteiger partial charge in [0.25, 0.3) is 0 Å². The van der Waals surface area contributed by atoms with Gasteiger partial charge >= 0.3 is 0 Å². The molecule has 3 heteroatoms. The van der Waals surface area contributed by atoms with Crippen molar-refractivity contribution in [2.75, 3.05) is 6.54 Å². The summed E-state index contributed by atoms with van der Waals surface area (Å²) in [7, 11) is 0. The Labute approximate surface area is 95.9 Å². The van der Waals surface area contributed by atoms with Gasteiger partial charge < -0.3 is 0 Å². The van der Waals surface area contributed by atoms with Crippen LogP contribution in [0.15, 0.2) is 24.3 Å². The number of hydrogen-bond acceptors (Lipinski definition) is 2. The molecule has 0 aromatic heterocycles. The van der Waals surface area contributed by atoms with Gasteiger partial charge in [0.2, 0.25) is 0 Å². The second-order valence-corrected chi connectivity index (χ2v) is 4.29. The molecule has 0 unspecified atom stereocenters. The van der Waals surface area contributed by atoms with Crippen LogP contribution in [0.1, 0.15) is 25.5 Å². The van der Waals surface area contributed by atoms with Crippen LogP contribution < -0.4 is 5.32 Å². The van der Waals surface area contributed by atoms with Crippen LogP contribution in [0.25, 0.3) is 0 Å². The van der Waals surface area contributed by atoms with E-state index in [9.17, 15) is 0 Å². The quantitative estimate of drug-likeness (QED) is 0.850. The van der Waals surface area contributed by atoms with E-state index in [0.717, 1.165) is 12.1 Å². The molecule has 0 aliphatic heterocycles. The van der Waals surface area contributed by atoms with Crippen molar-refractivity contribution >= 4 is 11.6 Å². The fraction of sp³-hybridized carbons (Fsp3) is 0.417. The summed E-state index contributed by atoms with van der Waals surface area (Å²) in [5.74, 6) is 0.517. The van der Waals surface area contributed by atoms with E-state index in [2.05, 4.69) is 25.2 Å². The van der Waals surface area contributed by atoms with Gasteiger partial charge in [-0.3, -0.25) is 5.32 Å². The molecule has 0 aliphatic carbocycles. The van der Waals surface area contributed by atoms with Gasteiger partial charge in [0.15, 0.2) is 0 Å². The highest BCUT2D eigenvalue weighted by Gasteiger charge is 2.12. The summed E-state index contributed by atoms with van der Waals surface area (Å²) in [6, 6.07) is 9.34. The van der Waals surface area contributed by atoms with Crippen LogP contribution in [0.3, 0.4) is 0 Å². The van der Waals surface area contributed by atoms with E-state index in [1.165, 1.54) is 0 Å². The van der Waals surface area contributed by atoms with Crippen LogP contribution in [0.4, 0.5) is 0 Å². The number of halogens is 1. The summed E-state index contributed by atoms with van der Waals surface area (Å²) in [4.78, 5) is 0. The molecule has 1 atom stereocenters. The molecule has 80 valence electrons. The van der Waals surface area contributed by atoms with Crippen molar-refractivity contribution < 1.29 is 0 Å². The number of nitrogens with one attached hydrogen (secondary N) is 1. The summed E-state index contributed by atoms with van der Waals surface area (Å²) in [6.45, 7) is 5.02. The molecule has 1 N–H and O–H groups in total. The molecular weight excluding hydrogens is 208 g/mol. The summed E-state index contributed by atoms with van der Waals surface area (Å²) < 4.78 is 0. The minimum Gasteiger partial charge on any atom is -0.298 e. The Balaban J connectivity index is 2.76. The standard InChI is InChI=1S/C12H15ClN2/c1-9(2)8-15-12(7-14)10-5-3-4-6-11(10)13/h3-6,9,12,15H,8H2,1-2H3/t12-/m1/s1. The van der Waals surface area contributed by atoms with Crippen LogP contribution in [-0.2, 0) is 0 Å². The molecule has 0 heterocycles. The third-order valence-corrected chi connectivity index (χ3v) is 2.42. The number of nitrogens with zero attached hydrogens (tertiary/aromatic N) is 1. The van der Waals surface area contributed by atoms with E-state index in [-0.39, 0.29) is 6.04 Å². The molecule has 1 rings (SSSR count). The summed E-state index contributed by atoms with van der Waals surface area (Å²) in [5, 5.41) is 12.9. The summed E-state index contributed by atoms with van der Waals surface area (Å²) >= 11 is 6.02. The minimum absolute atomic E-state index is 0.318. The molecular formula is C12H15ClN2. The van der Waals surface area contributed by atoms with Crippen LogP contribution in [0, 0.1) is 17.2 Å². The SMILES string of the molecule is CC(C)CN[C@H](C#N)c1ccccc1Cl. The van der Waals surface area contributed by atoms with E-state index in [4.69, 9.17) is 16.9 Å². The zero-order valence-corrected chi connectivity index (χ0v) is 9.75. The highest BCUT2D eigenvalue weighted by atomic mass is 35.5. The minimum atomic E-state index is -0.318. The summed E-state index contributed by atoms with van der Waals surface area (Å²) in [5.41, 5.74) is 0.849. The van der Waals surface area contributed by atoms with E-state index in [1.807, 2.05) is 18.2 Å². The predicted octanol–water partition coefficient (Wildman–Crippen LogP) is 3.15. The lowest BCUT2D eigenvalue weighted by molar-refractivity contribution is 0.525. The second-order valence-electron chi connectivity index (χ2n) is 3.89. The topological polar surface area (TPSA) is 35.8 Å². The average Bonchev–Trinajstić information content (AvgIpc) is 2.21. The Morgan fingerprint density at radius 2 is 2.07 bits per heavy atom. The molecule has 0 spiro atoms. The Bertz CT molecular complexity index is 355. The van der Waals surface area contributed by atoms with E-state index in [1.54, 1.807) is 6.07 Å². The lowest BCUT2D eigenvalue weighted by Crippen LogP contribution is -2.24. The van der Waals surface area contributed by atoms with Gasteiger partial charge in [0.1, 0.15) is 6.04 Å². The predicted molar refractivity (Wildman–Crippen MR) is 62.6 cm³/mol. The first-order valence-corrected chi connectivity index (χ1v) is 5.40. The van der Waals surface area contributed by atoms with E-state index >= 15 is 0 Å². The van der Waals surface area contributed by atoms with E-state index < -0.39 is 0 Å². The van der Waals surface area contributed by atoms with Gasteiger partial charge in [-0.15, -0.1) is 0 Å². The van der Waals surface area contributed by atoms with Crippen LogP contribution in [-0.4, -0.2) is 6.54 Å². The number of benzene rings is 1. The van der Waals surface area contributed by atoms with Crippen molar-refractivity contribution in [3.8, 4) is 6.07 Å². The number of nitriles is 1. The normalized spacial score (nSPS) is 12.5. The van der Waals surface area contributed by atoms with Crippen molar-refractivity contribution in [3.05, 3.63) is 34.9 Å². The molecule has 0 bridgehead atoms. The lowest BCUT2D eigenvalue weighted by atomic mass is 10.1. The lowest BCUT2D eigenvalue weighted by Gasteiger charge is -2.14. The number of hydrogen-bond donors (Lipinski definition) is 1. The molecule has 1 aromatic rings. The molecule has 0 amide bonds. The molecule has 0 saturated carbocycles. The Kier molecular flexibility index (Phi) is 4.61. The molecule has 0 radical (unpaired) electrons. The molecule has 0 fully saturated rings. The highest BCUT2D eigenvalue weighted by Crippen LogP contribution is 2.22. The van der Waals surface area contributed by atoms with Gasteiger partial charge in [-0.25, -0.2) is 0 Å². The first-order chi connectivity index (χ1) is 7.15. The Morgan fingerprint density at radius 1 is 1.40 bits per heavy atom. The average molecular weight is 223 g/mol. The maximum absolute atomic E-state index is 9.05. The maximum Gasteiger partial charge on any atom is 0.122 e. The maximum atomic E-state index is 9.05. The van der Waals surface area contributed by atoms with Crippen LogP contribution >= 0.6 is 11.6 Å².